The molecule has 1 aliphatic carbocycles. The highest BCUT2D eigenvalue weighted by atomic mass is 16.6. The number of non-ortho nitro benzene ring substituents is 1. The van der Waals surface area contributed by atoms with Crippen molar-refractivity contribution >= 4 is 5.69 Å². The minimum absolute atomic E-state index is 0.113. The van der Waals surface area contributed by atoms with Gasteiger partial charge in [0.25, 0.3) is 5.69 Å². The van der Waals surface area contributed by atoms with Gasteiger partial charge in [0.05, 0.1) is 18.1 Å². The molecule has 0 bridgehead atoms. The Balaban J connectivity index is 1.73. The second kappa shape index (κ2) is 6.41. The average Bonchev–Trinajstić information content (AvgIpc) is 3.31. The lowest BCUT2D eigenvalue weighted by atomic mass is 10.1. The van der Waals surface area contributed by atoms with E-state index in [2.05, 4.69) is 5.32 Å². The largest absolute Gasteiger partial charge is 0.490 e. The van der Waals surface area contributed by atoms with Crippen LogP contribution in [0.4, 0.5) is 5.69 Å². The Morgan fingerprint density at radius 2 is 2.05 bits per heavy atom. The molecule has 0 aromatic heterocycles. The van der Waals surface area contributed by atoms with E-state index < -0.39 is 0 Å². The van der Waals surface area contributed by atoms with Crippen molar-refractivity contribution in [2.75, 3.05) is 13.2 Å². The van der Waals surface area contributed by atoms with Gasteiger partial charge in [0, 0.05) is 43.1 Å². The third-order valence-corrected chi connectivity index (χ3v) is 3.88. The van der Waals surface area contributed by atoms with Crippen molar-refractivity contribution in [2.45, 2.75) is 44.4 Å². The van der Waals surface area contributed by atoms with Crippen LogP contribution in [0.3, 0.4) is 0 Å². The molecule has 0 unspecified atom stereocenters. The smallest absolute Gasteiger partial charge is 0.270 e. The van der Waals surface area contributed by atoms with E-state index in [1.807, 2.05) is 0 Å². The Bertz CT molecular complexity index is 510. The Kier molecular flexibility index (Phi) is 4.36. The number of ether oxygens (including phenoxy) is 2. The van der Waals surface area contributed by atoms with Crippen LogP contribution < -0.4 is 10.1 Å². The molecule has 1 heterocycles. The van der Waals surface area contributed by atoms with E-state index in [1.165, 1.54) is 18.9 Å². The molecule has 6 nitrogen and oxygen atoms in total. The lowest BCUT2D eigenvalue weighted by Gasteiger charge is -2.24. The van der Waals surface area contributed by atoms with Crippen molar-refractivity contribution in [2.24, 2.45) is 0 Å². The standard InChI is InChI=1S/C15H20N2O4/c18-17(19)13-3-4-15(21-14-5-7-20-8-6-14)11(9-13)10-16-12-1-2-12/h3-4,9,12,14,16H,1-2,5-8,10H2. The van der Waals surface area contributed by atoms with Gasteiger partial charge in [0.1, 0.15) is 11.9 Å². The summed E-state index contributed by atoms with van der Waals surface area (Å²) in [5.74, 6) is 0.751. The lowest BCUT2D eigenvalue weighted by Crippen LogP contribution is -2.26. The van der Waals surface area contributed by atoms with Crippen LogP contribution in [-0.4, -0.2) is 30.3 Å². The highest BCUT2D eigenvalue weighted by Crippen LogP contribution is 2.28. The quantitative estimate of drug-likeness (QED) is 0.644. The SMILES string of the molecule is O=[N+]([O-])c1ccc(OC2CCOCC2)c(CNC2CC2)c1. The minimum Gasteiger partial charge on any atom is -0.490 e. The van der Waals surface area contributed by atoms with Gasteiger partial charge in [-0.25, -0.2) is 0 Å². The van der Waals surface area contributed by atoms with Gasteiger partial charge in [-0.1, -0.05) is 0 Å². The van der Waals surface area contributed by atoms with Crippen LogP contribution in [-0.2, 0) is 11.3 Å². The van der Waals surface area contributed by atoms with Gasteiger partial charge in [-0.05, 0) is 18.9 Å². The average molecular weight is 292 g/mol. The number of rotatable bonds is 6. The zero-order valence-corrected chi connectivity index (χ0v) is 11.9. The number of nitrogens with one attached hydrogen (secondary N) is 1. The topological polar surface area (TPSA) is 73.6 Å². The van der Waals surface area contributed by atoms with Crippen LogP contribution in [0.2, 0.25) is 0 Å². The third-order valence-electron chi connectivity index (χ3n) is 3.88. The zero-order valence-electron chi connectivity index (χ0n) is 11.9. The number of nitro groups is 1. The molecule has 3 rings (SSSR count). The second-order valence-corrected chi connectivity index (χ2v) is 5.63. The summed E-state index contributed by atoms with van der Waals surface area (Å²) >= 11 is 0. The van der Waals surface area contributed by atoms with Crippen LogP contribution in [0, 0.1) is 10.1 Å². The molecule has 2 fully saturated rings. The molecule has 1 aromatic rings. The summed E-state index contributed by atoms with van der Waals surface area (Å²) in [6, 6.07) is 5.40. The molecule has 0 amide bonds. The highest BCUT2D eigenvalue weighted by molar-refractivity contribution is 5.44. The Labute approximate surface area is 123 Å². The first kappa shape index (κ1) is 14.3. The summed E-state index contributed by atoms with van der Waals surface area (Å²) in [5, 5.41) is 14.3. The molecule has 114 valence electrons. The molecule has 6 heteroatoms. The maximum atomic E-state index is 10.9. The molecule has 1 saturated heterocycles. The normalized spacial score (nSPS) is 19.4. The van der Waals surface area contributed by atoms with Crippen LogP contribution in [0.1, 0.15) is 31.2 Å². The van der Waals surface area contributed by atoms with E-state index in [0.29, 0.717) is 25.8 Å². The van der Waals surface area contributed by atoms with E-state index in [4.69, 9.17) is 9.47 Å². The number of benzene rings is 1. The predicted molar refractivity (Wildman–Crippen MR) is 77.4 cm³/mol. The molecule has 1 saturated carbocycles. The summed E-state index contributed by atoms with van der Waals surface area (Å²) < 4.78 is 11.4. The Hall–Kier alpha value is -1.66. The third kappa shape index (κ3) is 3.92. The van der Waals surface area contributed by atoms with Gasteiger partial charge >= 0.3 is 0 Å². The first-order chi connectivity index (χ1) is 10.2. The molecule has 1 N–H and O–H groups in total. The fraction of sp³-hybridized carbons (Fsp3) is 0.600. The van der Waals surface area contributed by atoms with Gasteiger partial charge < -0.3 is 14.8 Å². The van der Waals surface area contributed by atoms with Gasteiger partial charge in [-0.3, -0.25) is 10.1 Å². The first-order valence-corrected chi connectivity index (χ1v) is 7.47. The summed E-state index contributed by atoms with van der Waals surface area (Å²) in [4.78, 5) is 10.6. The number of nitrogens with zero attached hydrogens (tertiary/aromatic N) is 1. The molecule has 2 aliphatic rings. The summed E-state index contributed by atoms with van der Waals surface area (Å²) in [6.45, 7) is 2.05. The van der Waals surface area contributed by atoms with E-state index in [1.54, 1.807) is 12.1 Å². The van der Waals surface area contributed by atoms with Crippen LogP contribution in [0.5, 0.6) is 5.75 Å². The first-order valence-electron chi connectivity index (χ1n) is 7.47. The van der Waals surface area contributed by atoms with Crippen molar-refractivity contribution < 1.29 is 14.4 Å². The molecule has 1 aromatic carbocycles. The van der Waals surface area contributed by atoms with Crippen molar-refractivity contribution in [3.63, 3.8) is 0 Å². The van der Waals surface area contributed by atoms with Gasteiger partial charge in [-0.2, -0.15) is 0 Å². The molecular formula is C15H20N2O4. The number of hydrogen-bond donors (Lipinski definition) is 1. The summed E-state index contributed by atoms with van der Waals surface area (Å²) in [6.07, 6.45) is 4.25. The van der Waals surface area contributed by atoms with E-state index >= 15 is 0 Å². The predicted octanol–water partition coefficient (Wildman–Crippen LogP) is 2.40. The monoisotopic (exact) mass is 292 g/mol. The zero-order chi connectivity index (χ0) is 14.7. The highest BCUT2D eigenvalue weighted by Gasteiger charge is 2.22. The van der Waals surface area contributed by atoms with Crippen LogP contribution >= 0.6 is 0 Å². The minimum atomic E-state index is -0.362. The van der Waals surface area contributed by atoms with Crippen molar-refractivity contribution in [3.8, 4) is 5.75 Å². The van der Waals surface area contributed by atoms with Crippen molar-refractivity contribution in [3.05, 3.63) is 33.9 Å². The maximum absolute atomic E-state index is 10.9. The van der Waals surface area contributed by atoms with Crippen LogP contribution in [0.25, 0.3) is 0 Å². The molecular weight excluding hydrogens is 272 g/mol. The molecule has 0 radical (unpaired) electrons. The van der Waals surface area contributed by atoms with Gasteiger partial charge in [-0.15, -0.1) is 0 Å². The summed E-state index contributed by atoms with van der Waals surface area (Å²) in [7, 11) is 0. The Morgan fingerprint density at radius 3 is 2.71 bits per heavy atom. The van der Waals surface area contributed by atoms with E-state index in [9.17, 15) is 10.1 Å². The number of hydrogen-bond acceptors (Lipinski definition) is 5. The van der Waals surface area contributed by atoms with E-state index in [-0.39, 0.29) is 16.7 Å². The number of nitro benzene ring substituents is 1. The summed E-state index contributed by atoms with van der Waals surface area (Å²) in [5.41, 5.74) is 0.976. The van der Waals surface area contributed by atoms with Gasteiger partial charge in [0.2, 0.25) is 0 Å². The van der Waals surface area contributed by atoms with Crippen molar-refractivity contribution in [1.82, 2.24) is 5.32 Å². The van der Waals surface area contributed by atoms with Gasteiger partial charge in [0.15, 0.2) is 0 Å². The fourth-order valence-corrected chi connectivity index (χ4v) is 2.45. The lowest BCUT2D eigenvalue weighted by molar-refractivity contribution is -0.384. The maximum Gasteiger partial charge on any atom is 0.270 e. The molecule has 0 spiro atoms. The van der Waals surface area contributed by atoms with Crippen LogP contribution in [0.15, 0.2) is 18.2 Å². The fourth-order valence-electron chi connectivity index (χ4n) is 2.45. The molecule has 1 aliphatic heterocycles. The Morgan fingerprint density at radius 1 is 1.29 bits per heavy atom. The second-order valence-electron chi connectivity index (χ2n) is 5.63. The van der Waals surface area contributed by atoms with Crippen molar-refractivity contribution in [1.29, 1.82) is 0 Å². The molecule has 21 heavy (non-hydrogen) atoms. The molecule has 0 atom stereocenters. The van der Waals surface area contributed by atoms with E-state index in [0.717, 1.165) is 24.2 Å².